The van der Waals surface area contributed by atoms with Crippen molar-refractivity contribution in [3.8, 4) is 0 Å². The lowest BCUT2D eigenvalue weighted by Crippen LogP contribution is -1.77. The first-order chi connectivity index (χ1) is 6.41. The zero-order chi connectivity index (χ0) is 9.78. The third-order valence-corrected chi connectivity index (χ3v) is 2.16. The second-order valence-corrected chi connectivity index (χ2v) is 3.73. The summed E-state index contributed by atoms with van der Waals surface area (Å²) in [5, 5.41) is 0. The molecule has 0 aromatic rings. The molecular formula is C12H26O. The van der Waals surface area contributed by atoms with E-state index in [-0.39, 0.29) is 0 Å². The van der Waals surface area contributed by atoms with Crippen molar-refractivity contribution in [1.82, 2.24) is 0 Å². The van der Waals surface area contributed by atoms with Crippen molar-refractivity contribution in [2.24, 2.45) is 0 Å². The minimum absolute atomic E-state index is 1.00. The van der Waals surface area contributed by atoms with E-state index in [4.69, 9.17) is 0 Å². The van der Waals surface area contributed by atoms with E-state index in [1.165, 1.54) is 51.4 Å². The Labute approximate surface area is 83.9 Å². The van der Waals surface area contributed by atoms with Crippen LogP contribution in [0.4, 0.5) is 0 Å². The third kappa shape index (κ3) is 18.7. The fourth-order valence-corrected chi connectivity index (χ4v) is 1.21. The second-order valence-electron chi connectivity index (χ2n) is 3.73. The lowest BCUT2D eigenvalue weighted by Gasteiger charge is -1.97. The van der Waals surface area contributed by atoms with Gasteiger partial charge in [-0.1, -0.05) is 65.2 Å². The van der Waals surface area contributed by atoms with E-state index in [0.29, 0.717) is 0 Å². The third-order valence-electron chi connectivity index (χ3n) is 2.16. The fraction of sp³-hybridized carbons (Fsp3) is 1.00. The SMILES string of the molecule is C1CO1.CCCCCCCCCC. The van der Waals surface area contributed by atoms with Crippen LogP contribution in [0.5, 0.6) is 0 Å². The molecular weight excluding hydrogens is 160 g/mol. The van der Waals surface area contributed by atoms with Crippen LogP contribution in [0.15, 0.2) is 0 Å². The van der Waals surface area contributed by atoms with Crippen LogP contribution in [-0.4, -0.2) is 13.2 Å². The number of ether oxygens (including phenoxy) is 1. The molecule has 1 nitrogen and oxygen atoms in total. The van der Waals surface area contributed by atoms with Gasteiger partial charge in [-0.2, -0.15) is 0 Å². The summed E-state index contributed by atoms with van der Waals surface area (Å²) in [6, 6.07) is 0. The molecule has 0 aromatic heterocycles. The zero-order valence-corrected chi connectivity index (χ0v) is 9.48. The van der Waals surface area contributed by atoms with Crippen LogP contribution < -0.4 is 0 Å². The Balaban J connectivity index is 0.000000396. The molecule has 1 heterocycles. The molecule has 0 unspecified atom stereocenters. The molecule has 1 rings (SSSR count). The van der Waals surface area contributed by atoms with E-state index in [9.17, 15) is 0 Å². The fourth-order valence-electron chi connectivity index (χ4n) is 1.21. The van der Waals surface area contributed by atoms with Gasteiger partial charge in [0.05, 0.1) is 13.2 Å². The van der Waals surface area contributed by atoms with Gasteiger partial charge < -0.3 is 4.74 Å². The Morgan fingerprint density at radius 1 is 0.692 bits per heavy atom. The van der Waals surface area contributed by atoms with Crippen LogP contribution in [0.3, 0.4) is 0 Å². The second kappa shape index (κ2) is 12.0. The highest BCUT2D eigenvalue weighted by Gasteiger charge is 1.94. The van der Waals surface area contributed by atoms with Crippen LogP contribution in [0, 0.1) is 0 Å². The number of unbranched alkanes of at least 4 members (excludes halogenated alkanes) is 7. The van der Waals surface area contributed by atoms with Gasteiger partial charge in [0.25, 0.3) is 0 Å². The molecule has 0 bridgehead atoms. The predicted octanol–water partition coefficient (Wildman–Crippen LogP) is 4.16. The van der Waals surface area contributed by atoms with Crippen LogP contribution in [0.2, 0.25) is 0 Å². The predicted molar refractivity (Wildman–Crippen MR) is 59.1 cm³/mol. The van der Waals surface area contributed by atoms with Crippen molar-refractivity contribution in [3.05, 3.63) is 0 Å². The molecule has 0 radical (unpaired) electrons. The van der Waals surface area contributed by atoms with E-state index in [2.05, 4.69) is 18.6 Å². The van der Waals surface area contributed by atoms with Crippen LogP contribution in [-0.2, 0) is 4.74 Å². The van der Waals surface area contributed by atoms with E-state index >= 15 is 0 Å². The molecule has 0 spiro atoms. The molecule has 0 atom stereocenters. The first-order valence-corrected chi connectivity index (χ1v) is 5.99. The van der Waals surface area contributed by atoms with Gasteiger partial charge in [-0.05, 0) is 0 Å². The van der Waals surface area contributed by atoms with Gasteiger partial charge in [0, 0.05) is 0 Å². The Morgan fingerprint density at radius 2 is 1.00 bits per heavy atom. The Hall–Kier alpha value is -0.0400. The first kappa shape index (κ1) is 13.0. The van der Waals surface area contributed by atoms with Crippen molar-refractivity contribution in [2.75, 3.05) is 13.2 Å². The Bertz CT molecular complexity index is 68.4. The molecule has 1 saturated heterocycles. The molecule has 0 aromatic carbocycles. The molecule has 0 saturated carbocycles. The smallest absolute Gasteiger partial charge is 0.0701 e. The molecule has 1 heteroatoms. The van der Waals surface area contributed by atoms with Gasteiger partial charge in [-0.25, -0.2) is 0 Å². The summed E-state index contributed by atoms with van der Waals surface area (Å²) in [7, 11) is 0. The van der Waals surface area contributed by atoms with Crippen LogP contribution >= 0.6 is 0 Å². The van der Waals surface area contributed by atoms with Gasteiger partial charge in [0.2, 0.25) is 0 Å². The van der Waals surface area contributed by atoms with Crippen molar-refractivity contribution < 1.29 is 4.74 Å². The summed E-state index contributed by atoms with van der Waals surface area (Å²) in [4.78, 5) is 0. The van der Waals surface area contributed by atoms with Crippen molar-refractivity contribution in [1.29, 1.82) is 0 Å². The minimum atomic E-state index is 1.00. The van der Waals surface area contributed by atoms with E-state index in [1.807, 2.05) is 0 Å². The van der Waals surface area contributed by atoms with Crippen molar-refractivity contribution in [2.45, 2.75) is 65.2 Å². The molecule has 1 aliphatic rings. The highest BCUT2D eigenvalue weighted by molar-refractivity contribution is 4.43. The normalized spacial score (nSPS) is 13.4. The van der Waals surface area contributed by atoms with E-state index < -0.39 is 0 Å². The molecule has 80 valence electrons. The van der Waals surface area contributed by atoms with E-state index in [1.54, 1.807) is 0 Å². The van der Waals surface area contributed by atoms with Gasteiger partial charge in [0.15, 0.2) is 0 Å². The monoisotopic (exact) mass is 186 g/mol. The summed E-state index contributed by atoms with van der Waals surface area (Å²) in [6.45, 7) is 6.54. The van der Waals surface area contributed by atoms with Crippen LogP contribution in [0.1, 0.15) is 65.2 Å². The standard InChI is InChI=1S/C10H22.C2H4O/c1-3-5-7-9-10-8-6-4-2;1-2-3-1/h3-10H2,1-2H3;1-2H2. The van der Waals surface area contributed by atoms with Gasteiger partial charge in [0.1, 0.15) is 0 Å². The Morgan fingerprint density at radius 3 is 1.23 bits per heavy atom. The average molecular weight is 186 g/mol. The highest BCUT2D eigenvalue weighted by atomic mass is 16.6. The molecule has 0 N–H and O–H groups in total. The number of epoxide rings is 1. The largest absolute Gasteiger partial charge is 0.377 e. The molecule has 0 amide bonds. The maximum atomic E-state index is 4.50. The summed E-state index contributed by atoms with van der Waals surface area (Å²) < 4.78 is 4.50. The Kier molecular flexibility index (Phi) is 11.9. The number of rotatable bonds is 7. The van der Waals surface area contributed by atoms with Gasteiger partial charge >= 0.3 is 0 Å². The number of hydrogen-bond acceptors (Lipinski definition) is 1. The summed E-state index contributed by atoms with van der Waals surface area (Å²) in [5.41, 5.74) is 0. The van der Waals surface area contributed by atoms with Gasteiger partial charge in [-0.15, -0.1) is 0 Å². The maximum Gasteiger partial charge on any atom is 0.0701 e. The zero-order valence-electron chi connectivity index (χ0n) is 9.48. The lowest BCUT2D eigenvalue weighted by atomic mass is 10.1. The molecule has 0 aliphatic carbocycles. The highest BCUT2D eigenvalue weighted by Crippen LogP contribution is 2.07. The summed E-state index contributed by atoms with van der Waals surface area (Å²) in [5.74, 6) is 0. The first-order valence-electron chi connectivity index (χ1n) is 5.99. The van der Waals surface area contributed by atoms with Crippen molar-refractivity contribution >= 4 is 0 Å². The lowest BCUT2D eigenvalue weighted by molar-refractivity contribution is 0.475. The van der Waals surface area contributed by atoms with Crippen LogP contribution in [0.25, 0.3) is 0 Å². The van der Waals surface area contributed by atoms with Crippen molar-refractivity contribution in [3.63, 3.8) is 0 Å². The number of hydrogen-bond donors (Lipinski definition) is 0. The maximum absolute atomic E-state index is 4.50. The molecule has 13 heavy (non-hydrogen) atoms. The quantitative estimate of drug-likeness (QED) is 0.429. The molecule has 1 fully saturated rings. The topological polar surface area (TPSA) is 12.5 Å². The summed E-state index contributed by atoms with van der Waals surface area (Å²) >= 11 is 0. The molecule has 1 aliphatic heterocycles. The summed E-state index contributed by atoms with van der Waals surface area (Å²) in [6.07, 6.45) is 11.5. The average Bonchev–Trinajstić information content (AvgIpc) is 2.98. The van der Waals surface area contributed by atoms with E-state index in [0.717, 1.165) is 13.2 Å². The van der Waals surface area contributed by atoms with Gasteiger partial charge in [-0.3, -0.25) is 0 Å². The minimum Gasteiger partial charge on any atom is -0.377 e.